The van der Waals surface area contributed by atoms with Crippen molar-refractivity contribution in [1.82, 2.24) is 0 Å². The van der Waals surface area contributed by atoms with Gasteiger partial charge in [0.15, 0.2) is 0 Å². The first-order chi connectivity index (χ1) is 10.2. The van der Waals surface area contributed by atoms with Gasteiger partial charge in [0.25, 0.3) is 0 Å². The molecule has 1 aromatic rings. The molecule has 0 fully saturated rings. The minimum Gasteiger partial charge on any atom is -0.546 e. The van der Waals surface area contributed by atoms with E-state index < -0.39 is 8.32 Å². The molecule has 2 rings (SSSR count). The van der Waals surface area contributed by atoms with Crippen LogP contribution in [-0.4, -0.2) is 13.6 Å². The monoisotopic (exact) mass is 334 g/mol. The van der Waals surface area contributed by atoms with Crippen molar-refractivity contribution in [2.45, 2.75) is 75.2 Å². The summed E-state index contributed by atoms with van der Waals surface area (Å²) < 4.78 is 6.74. The van der Waals surface area contributed by atoms with Gasteiger partial charge in [0.2, 0.25) is 8.32 Å². The van der Waals surface area contributed by atoms with E-state index in [1.165, 1.54) is 35.5 Å². The summed E-state index contributed by atoms with van der Waals surface area (Å²) in [5.41, 5.74) is 1.46. The lowest BCUT2D eigenvalue weighted by Crippen LogP contribution is -2.42. The molecule has 0 aromatic heterocycles. The first-order valence-corrected chi connectivity index (χ1v) is 12.1. The molecule has 0 radical (unpaired) electrons. The maximum absolute atomic E-state index is 6.74. The van der Waals surface area contributed by atoms with Crippen molar-refractivity contribution in [3.63, 3.8) is 0 Å². The predicted molar refractivity (Wildman–Crippen MR) is 101 cm³/mol. The molecule has 0 saturated carbocycles. The molecule has 0 spiro atoms. The van der Waals surface area contributed by atoms with E-state index in [1.807, 2.05) is 11.8 Å². The minimum atomic E-state index is -1.76. The standard InChI is InChI=1S/C19H30OSSi/c1-15-11-10-14-17(21-16-12-8-7-9-13-16)18(15)20-22(5,6)19(2,3)4/h7-9,12-13,17H,10-11,14H2,1-6H3. The Kier molecular flexibility index (Phi) is 5.49. The molecule has 0 aliphatic heterocycles. The highest BCUT2D eigenvalue weighted by molar-refractivity contribution is 8.00. The van der Waals surface area contributed by atoms with Gasteiger partial charge in [-0.25, -0.2) is 0 Å². The highest BCUT2D eigenvalue weighted by Crippen LogP contribution is 2.43. The van der Waals surface area contributed by atoms with Gasteiger partial charge in [-0.1, -0.05) is 39.0 Å². The first kappa shape index (κ1) is 17.7. The molecule has 22 heavy (non-hydrogen) atoms. The van der Waals surface area contributed by atoms with Crippen molar-refractivity contribution >= 4 is 20.1 Å². The molecular weight excluding hydrogens is 304 g/mol. The molecule has 0 saturated heterocycles. The third-order valence-electron chi connectivity index (χ3n) is 4.92. The van der Waals surface area contributed by atoms with Gasteiger partial charge in [0.05, 0.1) is 11.0 Å². The van der Waals surface area contributed by atoms with E-state index in [0.717, 1.165) is 0 Å². The SMILES string of the molecule is CC1=C(O[Si](C)(C)C(C)(C)C)C(Sc2ccccc2)CCC1. The summed E-state index contributed by atoms with van der Waals surface area (Å²) in [5.74, 6) is 1.28. The van der Waals surface area contributed by atoms with Crippen LogP contribution in [-0.2, 0) is 4.43 Å². The lowest BCUT2D eigenvalue weighted by molar-refractivity contribution is 0.348. The molecule has 1 unspecified atom stereocenters. The number of thioether (sulfide) groups is 1. The number of hydrogen-bond donors (Lipinski definition) is 0. The van der Waals surface area contributed by atoms with Crippen LogP contribution in [0.5, 0.6) is 0 Å². The van der Waals surface area contributed by atoms with Crippen LogP contribution < -0.4 is 0 Å². The summed E-state index contributed by atoms with van der Waals surface area (Å²) in [4.78, 5) is 1.35. The smallest absolute Gasteiger partial charge is 0.250 e. The minimum absolute atomic E-state index is 0.250. The van der Waals surface area contributed by atoms with E-state index in [2.05, 4.69) is 71.1 Å². The van der Waals surface area contributed by atoms with Gasteiger partial charge in [0, 0.05) is 4.90 Å². The fourth-order valence-corrected chi connectivity index (χ4v) is 4.98. The van der Waals surface area contributed by atoms with Crippen molar-refractivity contribution in [1.29, 1.82) is 0 Å². The molecule has 3 heteroatoms. The third-order valence-corrected chi connectivity index (χ3v) is 10.5. The van der Waals surface area contributed by atoms with Crippen molar-refractivity contribution in [3.05, 3.63) is 41.7 Å². The summed E-state index contributed by atoms with van der Waals surface area (Å²) in [6.07, 6.45) is 3.69. The average Bonchev–Trinajstić information content (AvgIpc) is 2.42. The zero-order chi connectivity index (χ0) is 16.4. The lowest BCUT2D eigenvalue weighted by Gasteiger charge is -2.40. The Balaban J connectivity index is 2.21. The largest absolute Gasteiger partial charge is 0.546 e. The van der Waals surface area contributed by atoms with Crippen LogP contribution in [0, 0.1) is 0 Å². The second-order valence-corrected chi connectivity index (χ2v) is 13.8. The van der Waals surface area contributed by atoms with Gasteiger partial charge < -0.3 is 4.43 Å². The topological polar surface area (TPSA) is 9.23 Å². The second-order valence-electron chi connectivity index (χ2n) is 7.82. The zero-order valence-corrected chi connectivity index (χ0v) is 16.7. The van der Waals surface area contributed by atoms with Crippen LogP contribution in [0.2, 0.25) is 18.1 Å². The molecule has 0 bridgehead atoms. The fourth-order valence-electron chi connectivity index (χ4n) is 2.44. The predicted octanol–water partition coefficient (Wildman–Crippen LogP) is 6.63. The van der Waals surface area contributed by atoms with Crippen LogP contribution in [0.1, 0.15) is 47.0 Å². The van der Waals surface area contributed by atoms with Gasteiger partial charge >= 0.3 is 0 Å². The van der Waals surface area contributed by atoms with E-state index in [0.29, 0.717) is 5.25 Å². The van der Waals surface area contributed by atoms with Crippen LogP contribution in [0.4, 0.5) is 0 Å². The van der Waals surface area contributed by atoms with Crippen LogP contribution in [0.15, 0.2) is 46.6 Å². The molecule has 0 N–H and O–H groups in total. The van der Waals surface area contributed by atoms with E-state index in [1.54, 1.807) is 0 Å². The Bertz CT molecular complexity index is 528. The highest BCUT2D eigenvalue weighted by atomic mass is 32.2. The van der Waals surface area contributed by atoms with E-state index >= 15 is 0 Å². The van der Waals surface area contributed by atoms with Gasteiger partial charge in [0.1, 0.15) is 0 Å². The van der Waals surface area contributed by atoms with E-state index in [-0.39, 0.29) is 5.04 Å². The van der Waals surface area contributed by atoms with Gasteiger partial charge in [-0.3, -0.25) is 0 Å². The Morgan fingerprint density at radius 3 is 2.36 bits per heavy atom. The summed E-state index contributed by atoms with van der Waals surface area (Å²) in [5, 5.41) is 0.727. The maximum atomic E-state index is 6.74. The zero-order valence-electron chi connectivity index (χ0n) is 14.9. The second kappa shape index (κ2) is 6.84. The van der Waals surface area contributed by atoms with Gasteiger partial charge in [-0.05, 0) is 62.0 Å². The van der Waals surface area contributed by atoms with Crippen molar-refractivity contribution in [2.75, 3.05) is 0 Å². The molecule has 1 nitrogen and oxygen atoms in total. The summed E-state index contributed by atoms with van der Waals surface area (Å²) >= 11 is 1.97. The first-order valence-electron chi connectivity index (χ1n) is 8.31. The van der Waals surface area contributed by atoms with E-state index in [9.17, 15) is 0 Å². The number of benzene rings is 1. The molecule has 1 aliphatic rings. The highest BCUT2D eigenvalue weighted by Gasteiger charge is 2.41. The van der Waals surface area contributed by atoms with Gasteiger partial charge in [-0.15, -0.1) is 11.8 Å². The lowest BCUT2D eigenvalue weighted by atomic mass is 9.99. The molecule has 0 amide bonds. The summed E-state index contributed by atoms with van der Waals surface area (Å²) in [6.45, 7) is 13.9. The third kappa shape index (κ3) is 4.20. The van der Waals surface area contributed by atoms with Crippen LogP contribution in [0.3, 0.4) is 0 Å². The van der Waals surface area contributed by atoms with Crippen LogP contribution in [0.25, 0.3) is 0 Å². The van der Waals surface area contributed by atoms with E-state index in [4.69, 9.17) is 4.43 Å². The Labute approximate surface area is 141 Å². The molecular formula is C19H30OSSi. The molecule has 1 aliphatic carbocycles. The average molecular weight is 335 g/mol. The number of allylic oxidation sites excluding steroid dienone is 1. The summed E-state index contributed by atoms with van der Waals surface area (Å²) in [7, 11) is -1.76. The fraction of sp³-hybridized carbons (Fsp3) is 0.579. The van der Waals surface area contributed by atoms with Crippen molar-refractivity contribution in [2.24, 2.45) is 0 Å². The quantitative estimate of drug-likeness (QED) is 0.572. The Morgan fingerprint density at radius 1 is 1.14 bits per heavy atom. The van der Waals surface area contributed by atoms with Crippen molar-refractivity contribution in [3.8, 4) is 0 Å². The number of hydrogen-bond acceptors (Lipinski definition) is 2. The van der Waals surface area contributed by atoms with Gasteiger partial charge in [-0.2, -0.15) is 0 Å². The molecule has 122 valence electrons. The normalized spacial score (nSPS) is 20.2. The Morgan fingerprint density at radius 2 is 1.77 bits per heavy atom. The molecule has 1 aromatic carbocycles. The molecule has 1 atom stereocenters. The molecule has 0 heterocycles. The maximum Gasteiger partial charge on any atom is 0.250 e. The number of rotatable bonds is 4. The summed E-state index contributed by atoms with van der Waals surface area (Å²) in [6, 6.07) is 10.7. The Hall–Kier alpha value is -0.673. The van der Waals surface area contributed by atoms with Crippen molar-refractivity contribution < 1.29 is 4.43 Å². The van der Waals surface area contributed by atoms with Crippen LogP contribution >= 0.6 is 11.8 Å².